The Balaban J connectivity index is 1.65. The third-order valence-corrected chi connectivity index (χ3v) is 5.21. The molecule has 0 saturated heterocycles. The lowest BCUT2D eigenvalue weighted by Gasteiger charge is -2.12. The zero-order chi connectivity index (χ0) is 20.1. The summed E-state index contributed by atoms with van der Waals surface area (Å²) in [7, 11) is 7.48. The fourth-order valence-electron chi connectivity index (χ4n) is 2.66. The minimum atomic E-state index is -0.130. The lowest BCUT2D eigenvalue weighted by molar-refractivity contribution is -0.113. The number of nitrogens with one attached hydrogen (secondary N) is 1. The van der Waals surface area contributed by atoms with E-state index in [0.29, 0.717) is 16.6 Å². The Hall–Kier alpha value is -3.00. The first-order chi connectivity index (χ1) is 13.5. The summed E-state index contributed by atoms with van der Waals surface area (Å²) in [6, 6.07) is 15.4. The number of ether oxygens (including phenoxy) is 1. The molecule has 0 spiro atoms. The minimum absolute atomic E-state index is 0.130. The average molecular weight is 398 g/mol. The maximum absolute atomic E-state index is 12.3. The molecule has 0 bridgehead atoms. The van der Waals surface area contributed by atoms with Crippen molar-refractivity contribution < 1.29 is 9.53 Å². The molecule has 146 valence electrons. The van der Waals surface area contributed by atoms with Gasteiger partial charge in [0.05, 0.1) is 18.6 Å². The number of carbonyl (C=O) groups excluding carboxylic acids is 1. The number of hydrogen-bond donors (Lipinski definition) is 1. The Labute approximate surface area is 168 Å². The van der Waals surface area contributed by atoms with Crippen molar-refractivity contribution in [2.24, 2.45) is 7.05 Å². The molecule has 0 aliphatic heterocycles. The van der Waals surface area contributed by atoms with Crippen molar-refractivity contribution in [3.63, 3.8) is 0 Å². The highest BCUT2D eigenvalue weighted by molar-refractivity contribution is 7.99. The molecule has 3 aromatic rings. The molecule has 0 unspecified atom stereocenters. The van der Waals surface area contributed by atoms with Gasteiger partial charge in [0.25, 0.3) is 0 Å². The summed E-state index contributed by atoms with van der Waals surface area (Å²) in [5, 5.41) is 12.0. The SMILES string of the molecule is COc1ccccc1NC(=O)CSc1nnc(-c2ccc(N(C)C)cc2)n1C. The monoisotopic (exact) mass is 397 g/mol. The maximum Gasteiger partial charge on any atom is 0.234 e. The lowest BCUT2D eigenvalue weighted by Crippen LogP contribution is -2.15. The summed E-state index contributed by atoms with van der Waals surface area (Å²) in [6.07, 6.45) is 0. The number of hydrogen-bond acceptors (Lipinski definition) is 6. The summed E-state index contributed by atoms with van der Waals surface area (Å²) in [4.78, 5) is 14.3. The Morgan fingerprint density at radius 2 is 1.86 bits per heavy atom. The number of carbonyl (C=O) groups is 1. The molecule has 0 saturated carbocycles. The summed E-state index contributed by atoms with van der Waals surface area (Å²) >= 11 is 1.34. The average Bonchev–Trinajstić information content (AvgIpc) is 3.07. The van der Waals surface area contributed by atoms with E-state index < -0.39 is 0 Å². The van der Waals surface area contributed by atoms with Crippen LogP contribution in [0.5, 0.6) is 5.75 Å². The van der Waals surface area contributed by atoms with Crippen LogP contribution in [0.1, 0.15) is 0 Å². The second kappa shape index (κ2) is 8.79. The molecule has 8 heteroatoms. The molecule has 0 aliphatic carbocycles. The van der Waals surface area contributed by atoms with Gasteiger partial charge >= 0.3 is 0 Å². The first-order valence-corrected chi connectivity index (χ1v) is 9.71. The number of methoxy groups -OCH3 is 1. The van der Waals surface area contributed by atoms with Crippen LogP contribution in [0, 0.1) is 0 Å². The third-order valence-electron chi connectivity index (χ3n) is 4.19. The van der Waals surface area contributed by atoms with Gasteiger partial charge in [0.2, 0.25) is 5.91 Å². The molecule has 0 aliphatic rings. The zero-order valence-electron chi connectivity index (χ0n) is 16.3. The summed E-state index contributed by atoms with van der Waals surface area (Å²) in [6.45, 7) is 0. The van der Waals surface area contributed by atoms with Crippen LogP contribution >= 0.6 is 11.8 Å². The summed E-state index contributed by atoms with van der Waals surface area (Å²) < 4.78 is 7.15. The van der Waals surface area contributed by atoms with Crippen LogP contribution in [0.3, 0.4) is 0 Å². The Morgan fingerprint density at radius 3 is 2.54 bits per heavy atom. The summed E-state index contributed by atoms with van der Waals surface area (Å²) in [5.41, 5.74) is 2.75. The highest BCUT2D eigenvalue weighted by Crippen LogP contribution is 2.26. The molecule has 1 aromatic heterocycles. The van der Waals surface area contributed by atoms with E-state index in [1.807, 2.05) is 67.0 Å². The van der Waals surface area contributed by atoms with Crippen molar-refractivity contribution in [1.82, 2.24) is 14.8 Å². The largest absolute Gasteiger partial charge is 0.495 e. The topological polar surface area (TPSA) is 72.3 Å². The zero-order valence-corrected chi connectivity index (χ0v) is 17.2. The van der Waals surface area contributed by atoms with Crippen molar-refractivity contribution in [2.45, 2.75) is 5.16 Å². The molecule has 28 heavy (non-hydrogen) atoms. The predicted octanol–water partition coefficient (Wildman–Crippen LogP) is 3.29. The van der Waals surface area contributed by atoms with E-state index in [1.165, 1.54) is 11.8 Å². The van der Waals surface area contributed by atoms with Crippen molar-refractivity contribution in [1.29, 1.82) is 0 Å². The molecule has 7 nitrogen and oxygen atoms in total. The fourth-order valence-corrected chi connectivity index (χ4v) is 3.38. The van der Waals surface area contributed by atoms with Crippen LogP contribution in [0.15, 0.2) is 53.7 Å². The van der Waals surface area contributed by atoms with E-state index in [2.05, 4.69) is 15.5 Å². The minimum Gasteiger partial charge on any atom is -0.495 e. The fraction of sp³-hybridized carbons (Fsp3) is 0.250. The Morgan fingerprint density at radius 1 is 1.14 bits per heavy atom. The van der Waals surface area contributed by atoms with Crippen molar-refractivity contribution in [3.8, 4) is 17.1 Å². The van der Waals surface area contributed by atoms with Gasteiger partial charge in [-0.15, -0.1) is 10.2 Å². The van der Waals surface area contributed by atoms with E-state index >= 15 is 0 Å². The highest BCUT2D eigenvalue weighted by Gasteiger charge is 2.14. The van der Waals surface area contributed by atoms with Gasteiger partial charge in [-0.25, -0.2) is 0 Å². The number of anilines is 2. The third kappa shape index (κ3) is 4.45. The van der Waals surface area contributed by atoms with Crippen molar-refractivity contribution >= 4 is 29.0 Å². The molecule has 0 fully saturated rings. The Bertz CT molecular complexity index is 953. The maximum atomic E-state index is 12.3. The number of para-hydroxylation sites is 2. The van der Waals surface area contributed by atoms with E-state index in [9.17, 15) is 4.79 Å². The number of rotatable bonds is 7. The van der Waals surface area contributed by atoms with Gasteiger partial charge in [0.15, 0.2) is 11.0 Å². The van der Waals surface area contributed by atoms with Gasteiger partial charge in [-0.3, -0.25) is 4.79 Å². The molecule has 1 N–H and O–H groups in total. The predicted molar refractivity (Wildman–Crippen MR) is 113 cm³/mol. The van der Waals surface area contributed by atoms with E-state index in [4.69, 9.17) is 4.74 Å². The van der Waals surface area contributed by atoms with Gasteiger partial charge < -0.3 is 19.5 Å². The van der Waals surface area contributed by atoms with E-state index in [-0.39, 0.29) is 11.7 Å². The number of thioether (sulfide) groups is 1. The van der Waals surface area contributed by atoms with Crippen LogP contribution in [-0.2, 0) is 11.8 Å². The smallest absolute Gasteiger partial charge is 0.234 e. The van der Waals surface area contributed by atoms with Crippen LogP contribution in [0.25, 0.3) is 11.4 Å². The van der Waals surface area contributed by atoms with Crippen LogP contribution < -0.4 is 15.0 Å². The number of benzene rings is 2. The van der Waals surface area contributed by atoms with Gasteiger partial charge in [-0.05, 0) is 36.4 Å². The van der Waals surface area contributed by atoms with Crippen LogP contribution in [0.4, 0.5) is 11.4 Å². The molecular formula is C20H23N5O2S. The van der Waals surface area contributed by atoms with Gasteiger partial charge in [0, 0.05) is 32.4 Å². The highest BCUT2D eigenvalue weighted by atomic mass is 32.2. The Kier molecular flexibility index (Phi) is 6.20. The first-order valence-electron chi connectivity index (χ1n) is 8.72. The quantitative estimate of drug-likeness (QED) is 0.617. The van der Waals surface area contributed by atoms with E-state index in [0.717, 1.165) is 17.1 Å². The molecular weight excluding hydrogens is 374 g/mol. The van der Waals surface area contributed by atoms with Crippen molar-refractivity contribution in [2.75, 3.05) is 37.2 Å². The standard InChI is InChI=1S/C20H23N5O2S/c1-24(2)15-11-9-14(10-12-15)19-22-23-20(25(19)3)28-13-18(26)21-16-7-5-6-8-17(16)27-4/h5-12H,13H2,1-4H3,(H,21,26). The van der Waals surface area contributed by atoms with Crippen LogP contribution in [0.2, 0.25) is 0 Å². The molecule has 2 aromatic carbocycles. The number of amides is 1. The van der Waals surface area contributed by atoms with Gasteiger partial charge in [0.1, 0.15) is 5.75 Å². The molecule has 0 radical (unpaired) electrons. The second-order valence-electron chi connectivity index (χ2n) is 6.34. The normalized spacial score (nSPS) is 10.6. The van der Waals surface area contributed by atoms with Gasteiger partial charge in [-0.2, -0.15) is 0 Å². The molecule has 0 atom stereocenters. The second-order valence-corrected chi connectivity index (χ2v) is 7.29. The van der Waals surface area contributed by atoms with Crippen LogP contribution in [-0.4, -0.2) is 47.6 Å². The van der Waals surface area contributed by atoms with Gasteiger partial charge in [-0.1, -0.05) is 23.9 Å². The lowest BCUT2D eigenvalue weighted by atomic mass is 10.2. The molecule has 1 amide bonds. The van der Waals surface area contributed by atoms with E-state index in [1.54, 1.807) is 19.2 Å². The molecule has 3 rings (SSSR count). The van der Waals surface area contributed by atoms with Crippen molar-refractivity contribution in [3.05, 3.63) is 48.5 Å². The first kappa shape index (κ1) is 19.8. The number of nitrogens with zero attached hydrogens (tertiary/aromatic N) is 4. The summed E-state index contributed by atoms with van der Waals surface area (Å²) in [5.74, 6) is 1.49. The molecule has 1 heterocycles. The number of aromatic nitrogens is 3.